The maximum Gasteiger partial charge on any atom is 0.161 e. The van der Waals surface area contributed by atoms with Gasteiger partial charge in [0.1, 0.15) is 11.8 Å². The molecule has 4 nitrogen and oxygen atoms in total. The minimum Gasteiger partial charge on any atom is -0.493 e. The van der Waals surface area contributed by atoms with Crippen molar-refractivity contribution in [3.8, 4) is 34.4 Å². The van der Waals surface area contributed by atoms with Crippen LogP contribution in [-0.2, 0) is 0 Å². The number of methoxy groups -OCH3 is 2. The maximum atomic E-state index is 9.18. The second kappa shape index (κ2) is 6.86. The van der Waals surface area contributed by atoms with Crippen LogP contribution in [0, 0.1) is 11.3 Å². The highest BCUT2D eigenvalue weighted by atomic mass is 16.5. The molecule has 0 aliphatic rings. The lowest BCUT2D eigenvalue weighted by Gasteiger charge is -2.14. The van der Waals surface area contributed by atoms with E-state index in [2.05, 4.69) is 6.07 Å². The second-order valence-electron chi connectivity index (χ2n) is 5.06. The topological polar surface area (TPSA) is 51.5 Å². The highest BCUT2D eigenvalue weighted by Gasteiger charge is 2.10. The Morgan fingerprint density at radius 1 is 0.864 bits per heavy atom. The van der Waals surface area contributed by atoms with E-state index in [-0.39, 0.29) is 6.10 Å². The molecule has 114 valence electrons. The summed E-state index contributed by atoms with van der Waals surface area (Å²) >= 11 is 0. The molecule has 0 saturated heterocycles. The van der Waals surface area contributed by atoms with Gasteiger partial charge in [0, 0.05) is 0 Å². The van der Waals surface area contributed by atoms with Crippen LogP contribution >= 0.6 is 0 Å². The number of ether oxygens (including phenoxy) is 3. The third-order valence-electron chi connectivity index (χ3n) is 3.18. The van der Waals surface area contributed by atoms with Gasteiger partial charge in [0.2, 0.25) is 0 Å². The predicted molar refractivity (Wildman–Crippen MR) is 85.5 cm³/mol. The van der Waals surface area contributed by atoms with Crippen molar-refractivity contribution in [2.75, 3.05) is 14.2 Å². The van der Waals surface area contributed by atoms with Gasteiger partial charge in [-0.1, -0.05) is 12.1 Å². The van der Waals surface area contributed by atoms with Crippen molar-refractivity contribution in [3.63, 3.8) is 0 Å². The van der Waals surface area contributed by atoms with E-state index in [0.29, 0.717) is 22.8 Å². The molecule has 2 aromatic carbocycles. The van der Waals surface area contributed by atoms with Crippen molar-refractivity contribution in [1.29, 1.82) is 5.26 Å². The van der Waals surface area contributed by atoms with E-state index in [9.17, 15) is 5.26 Å². The molecule has 0 bridgehead atoms. The van der Waals surface area contributed by atoms with Crippen LogP contribution in [0.25, 0.3) is 11.1 Å². The van der Waals surface area contributed by atoms with Gasteiger partial charge in [-0.3, -0.25) is 0 Å². The molecule has 0 aromatic heterocycles. The molecule has 0 unspecified atom stereocenters. The van der Waals surface area contributed by atoms with Crippen LogP contribution in [0.3, 0.4) is 0 Å². The lowest BCUT2D eigenvalue weighted by molar-refractivity contribution is 0.242. The zero-order valence-corrected chi connectivity index (χ0v) is 13.2. The van der Waals surface area contributed by atoms with Gasteiger partial charge in [-0.2, -0.15) is 5.26 Å². The van der Waals surface area contributed by atoms with E-state index in [1.807, 2.05) is 44.2 Å². The van der Waals surface area contributed by atoms with Gasteiger partial charge in [-0.15, -0.1) is 0 Å². The smallest absolute Gasteiger partial charge is 0.161 e. The standard InChI is InChI=1S/C18H19NO3/c1-12(2)22-17-9-13(5-6-15(17)11-19)14-7-8-16(20-3)18(10-14)21-4/h5-10,12H,1-4H3. The van der Waals surface area contributed by atoms with Crippen LogP contribution in [-0.4, -0.2) is 20.3 Å². The first kappa shape index (κ1) is 15.7. The Balaban J connectivity index is 2.47. The van der Waals surface area contributed by atoms with E-state index in [1.54, 1.807) is 20.3 Å². The van der Waals surface area contributed by atoms with Gasteiger partial charge in [-0.05, 0) is 49.2 Å². The van der Waals surface area contributed by atoms with Gasteiger partial charge in [-0.25, -0.2) is 0 Å². The molecule has 0 heterocycles. The van der Waals surface area contributed by atoms with E-state index < -0.39 is 0 Å². The third kappa shape index (κ3) is 3.32. The quantitative estimate of drug-likeness (QED) is 0.836. The highest BCUT2D eigenvalue weighted by Crippen LogP contribution is 2.34. The van der Waals surface area contributed by atoms with Crippen LogP contribution < -0.4 is 14.2 Å². The lowest BCUT2D eigenvalue weighted by Crippen LogP contribution is -2.06. The molecule has 2 rings (SSSR count). The van der Waals surface area contributed by atoms with Crippen molar-refractivity contribution in [1.82, 2.24) is 0 Å². The summed E-state index contributed by atoms with van der Waals surface area (Å²) in [5, 5.41) is 9.18. The molecule has 0 amide bonds. The molecule has 0 spiro atoms. The van der Waals surface area contributed by atoms with Crippen LogP contribution in [0.15, 0.2) is 36.4 Å². The monoisotopic (exact) mass is 297 g/mol. The minimum atomic E-state index is 0.00718. The Morgan fingerprint density at radius 2 is 1.45 bits per heavy atom. The molecule has 22 heavy (non-hydrogen) atoms. The average molecular weight is 297 g/mol. The molecule has 0 atom stereocenters. The van der Waals surface area contributed by atoms with Gasteiger partial charge >= 0.3 is 0 Å². The van der Waals surface area contributed by atoms with E-state index in [4.69, 9.17) is 14.2 Å². The largest absolute Gasteiger partial charge is 0.493 e. The van der Waals surface area contributed by atoms with Crippen LogP contribution in [0.5, 0.6) is 17.2 Å². The molecular weight excluding hydrogens is 278 g/mol. The fourth-order valence-corrected chi connectivity index (χ4v) is 2.16. The zero-order valence-electron chi connectivity index (χ0n) is 13.2. The minimum absolute atomic E-state index is 0.00718. The summed E-state index contributed by atoms with van der Waals surface area (Å²) in [6.07, 6.45) is 0.00718. The van der Waals surface area contributed by atoms with Gasteiger partial charge in [0.25, 0.3) is 0 Å². The van der Waals surface area contributed by atoms with Gasteiger partial charge in [0.05, 0.1) is 25.9 Å². The fourth-order valence-electron chi connectivity index (χ4n) is 2.16. The summed E-state index contributed by atoms with van der Waals surface area (Å²) in [7, 11) is 3.21. The number of nitriles is 1. The van der Waals surface area contributed by atoms with Gasteiger partial charge < -0.3 is 14.2 Å². The van der Waals surface area contributed by atoms with Crippen molar-refractivity contribution in [2.45, 2.75) is 20.0 Å². The van der Waals surface area contributed by atoms with Crippen molar-refractivity contribution >= 4 is 0 Å². The van der Waals surface area contributed by atoms with Crippen LogP contribution in [0.1, 0.15) is 19.4 Å². The van der Waals surface area contributed by atoms with Crippen molar-refractivity contribution in [3.05, 3.63) is 42.0 Å². The zero-order chi connectivity index (χ0) is 16.1. The Bertz CT molecular complexity index is 702. The molecule has 0 N–H and O–H groups in total. The van der Waals surface area contributed by atoms with Crippen molar-refractivity contribution in [2.24, 2.45) is 0 Å². The summed E-state index contributed by atoms with van der Waals surface area (Å²) in [4.78, 5) is 0. The first-order chi connectivity index (χ1) is 10.6. The predicted octanol–water partition coefficient (Wildman–Crippen LogP) is 4.03. The number of nitrogens with zero attached hydrogens (tertiary/aromatic N) is 1. The number of hydrogen-bond acceptors (Lipinski definition) is 4. The molecule has 0 aliphatic heterocycles. The number of benzene rings is 2. The Morgan fingerprint density at radius 3 is 2.00 bits per heavy atom. The van der Waals surface area contributed by atoms with E-state index >= 15 is 0 Å². The van der Waals surface area contributed by atoms with E-state index in [0.717, 1.165) is 11.1 Å². The third-order valence-corrected chi connectivity index (χ3v) is 3.18. The fraction of sp³-hybridized carbons (Fsp3) is 0.278. The summed E-state index contributed by atoms with van der Waals surface area (Å²) in [5.41, 5.74) is 2.45. The lowest BCUT2D eigenvalue weighted by atomic mass is 10.0. The van der Waals surface area contributed by atoms with Gasteiger partial charge in [0.15, 0.2) is 11.5 Å². The maximum absolute atomic E-state index is 9.18. The second-order valence-corrected chi connectivity index (χ2v) is 5.06. The van der Waals surface area contributed by atoms with Crippen LogP contribution in [0.4, 0.5) is 0 Å². The molecule has 0 radical (unpaired) electrons. The van der Waals surface area contributed by atoms with Crippen molar-refractivity contribution < 1.29 is 14.2 Å². The molecule has 0 saturated carbocycles. The first-order valence-electron chi connectivity index (χ1n) is 7.02. The Hall–Kier alpha value is -2.67. The number of hydrogen-bond donors (Lipinski definition) is 0. The highest BCUT2D eigenvalue weighted by molar-refractivity contribution is 5.70. The summed E-state index contributed by atoms with van der Waals surface area (Å²) in [6.45, 7) is 3.87. The number of rotatable bonds is 5. The summed E-state index contributed by atoms with van der Waals surface area (Å²) in [5.74, 6) is 1.93. The first-order valence-corrected chi connectivity index (χ1v) is 7.02. The SMILES string of the molecule is COc1ccc(-c2ccc(C#N)c(OC(C)C)c2)cc1OC. The molecule has 0 fully saturated rings. The summed E-state index contributed by atoms with van der Waals surface area (Å²) in [6, 6.07) is 13.4. The molecule has 0 aliphatic carbocycles. The van der Waals surface area contributed by atoms with E-state index in [1.165, 1.54) is 0 Å². The molecular formula is C18H19NO3. The normalized spacial score (nSPS) is 10.2. The Kier molecular flexibility index (Phi) is 4.90. The molecule has 4 heteroatoms. The average Bonchev–Trinajstić information content (AvgIpc) is 2.53. The summed E-state index contributed by atoms with van der Waals surface area (Å²) < 4.78 is 16.3. The molecule has 2 aromatic rings. The Labute approximate surface area is 130 Å². The van der Waals surface area contributed by atoms with Crippen LogP contribution in [0.2, 0.25) is 0 Å².